The summed E-state index contributed by atoms with van der Waals surface area (Å²) in [5.41, 5.74) is 1.87. The lowest BCUT2D eigenvalue weighted by molar-refractivity contribution is -0.138. The van der Waals surface area contributed by atoms with E-state index in [9.17, 15) is 14.4 Å². The molecule has 2 heterocycles. The van der Waals surface area contributed by atoms with E-state index in [0.717, 1.165) is 11.1 Å². The molecule has 0 aliphatic carbocycles. The molecule has 0 unspecified atom stereocenters. The van der Waals surface area contributed by atoms with E-state index in [4.69, 9.17) is 9.31 Å². The van der Waals surface area contributed by atoms with Crippen molar-refractivity contribution in [2.45, 2.75) is 25.9 Å². The summed E-state index contributed by atoms with van der Waals surface area (Å²) in [6.45, 7) is -2.07. The molecule has 136 valence electrons. The molecule has 2 saturated heterocycles. The lowest BCUT2D eigenvalue weighted by atomic mass is 9.47. The van der Waals surface area contributed by atoms with Crippen molar-refractivity contribution < 1.29 is 23.7 Å². The molecular weight excluding hydrogens is 345 g/mol. The van der Waals surface area contributed by atoms with E-state index < -0.39 is 24.3 Å². The zero-order valence-corrected chi connectivity index (χ0v) is 14.7. The van der Waals surface area contributed by atoms with Gasteiger partial charge < -0.3 is 19.0 Å². The quantitative estimate of drug-likeness (QED) is 0.603. The zero-order valence-electron chi connectivity index (χ0n) is 14.7. The van der Waals surface area contributed by atoms with Crippen LogP contribution in [0.15, 0.2) is 60.7 Å². The number of fused-ring (bicyclic) bond motifs is 1. The molecule has 4 rings (SSSR count). The van der Waals surface area contributed by atoms with Gasteiger partial charge in [-0.25, -0.2) is 0 Å². The molecule has 0 aromatic heterocycles. The van der Waals surface area contributed by atoms with Gasteiger partial charge in [0.2, 0.25) is 5.81 Å². The highest BCUT2D eigenvalue weighted by Gasteiger charge is 2.70. The third-order valence-corrected chi connectivity index (χ3v) is 4.94. The van der Waals surface area contributed by atoms with Crippen molar-refractivity contribution >= 4 is 24.3 Å². The minimum absolute atomic E-state index is 0.0397. The van der Waals surface area contributed by atoms with Crippen LogP contribution in [-0.4, -0.2) is 29.2 Å². The van der Waals surface area contributed by atoms with E-state index in [-0.39, 0.29) is 12.8 Å². The van der Waals surface area contributed by atoms with Crippen molar-refractivity contribution in [3.63, 3.8) is 0 Å². The van der Waals surface area contributed by atoms with Crippen LogP contribution in [-0.2, 0) is 32.0 Å². The summed E-state index contributed by atoms with van der Waals surface area (Å²) in [5.74, 6) is -1.06. The Morgan fingerprint density at radius 1 is 0.852 bits per heavy atom. The van der Waals surface area contributed by atoms with Gasteiger partial charge in [-0.05, 0) is 11.1 Å². The summed E-state index contributed by atoms with van der Waals surface area (Å²) in [6.07, 6.45) is -0.0794. The summed E-state index contributed by atoms with van der Waals surface area (Å²) in [5, 5.41) is 0. The van der Waals surface area contributed by atoms with E-state index >= 15 is 0 Å². The first-order valence-electron chi connectivity index (χ1n) is 8.87. The molecule has 2 aliphatic heterocycles. The maximum Gasteiger partial charge on any atom is 0.643 e. The number of amides is 1. The summed E-state index contributed by atoms with van der Waals surface area (Å²) in [4.78, 5) is 38.7. The molecule has 6 nitrogen and oxygen atoms in total. The maximum absolute atomic E-state index is 13.4. The van der Waals surface area contributed by atoms with Gasteiger partial charge in [0.15, 0.2) is 0 Å². The van der Waals surface area contributed by atoms with Gasteiger partial charge in [-0.3, -0.25) is 9.59 Å². The Kier molecular flexibility index (Phi) is 4.35. The van der Waals surface area contributed by atoms with E-state index in [1.54, 1.807) is 4.90 Å². The number of hydrogen-bond acceptors (Lipinski definition) is 5. The standard InChI is InChI=1S/C20H18BNO5/c23-18-11-17-12-19(24)27-21(17,26-18)20(25)22(13-15-7-3-1-4-8-15)14-16-9-5-2-6-10-16/h1-10H,11-14H2. The minimum atomic E-state index is -2.71. The van der Waals surface area contributed by atoms with E-state index in [1.165, 1.54) is 0 Å². The van der Waals surface area contributed by atoms with E-state index in [2.05, 4.69) is 0 Å². The molecule has 2 aliphatic rings. The Bertz CT molecular complexity index is 809. The average Bonchev–Trinajstić information content (AvgIpc) is 3.13. The van der Waals surface area contributed by atoms with Crippen molar-refractivity contribution in [2.75, 3.05) is 0 Å². The number of hydrogen-bond donors (Lipinski definition) is 0. The molecule has 0 spiro atoms. The predicted molar refractivity (Wildman–Crippen MR) is 97.9 cm³/mol. The van der Waals surface area contributed by atoms with Gasteiger partial charge in [0.25, 0.3) is 0 Å². The van der Waals surface area contributed by atoms with Crippen LogP contribution in [0, 0.1) is 5.82 Å². The summed E-state index contributed by atoms with van der Waals surface area (Å²) >= 11 is 0. The second-order valence-corrected chi connectivity index (χ2v) is 6.87. The Balaban J connectivity index is 1.65. The van der Waals surface area contributed by atoms with Crippen LogP contribution in [0.4, 0.5) is 4.79 Å². The second kappa shape index (κ2) is 6.83. The van der Waals surface area contributed by atoms with Gasteiger partial charge in [0, 0.05) is 18.9 Å². The van der Waals surface area contributed by atoms with E-state index in [0.29, 0.717) is 18.9 Å². The summed E-state index contributed by atoms with van der Waals surface area (Å²) < 4.78 is 10.6. The molecule has 2 fully saturated rings. The summed E-state index contributed by atoms with van der Waals surface area (Å²) in [6, 6.07) is 19.1. The molecule has 27 heavy (non-hydrogen) atoms. The minimum Gasteiger partial charge on any atom is -0.607 e. The topological polar surface area (TPSA) is 72.9 Å². The first kappa shape index (κ1) is 17.2. The first-order chi connectivity index (χ1) is 13.1. The lowest BCUT2D eigenvalue weighted by Gasteiger charge is -2.32. The molecule has 2 aromatic carbocycles. The Morgan fingerprint density at radius 2 is 1.30 bits per heavy atom. The van der Waals surface area contributed by atoms with Crippen molar-refractivity contribution in [1.29, 1.82) is 0 Å². The molecule has 0 bridgehead atoms. The number of carbonyl (C=O) groups excluding carboxylic acids is 3. The number of nitrogens with zero attached hydrogens (tertiary/aromatic N) is 1. The molecule has 1 amide bonds. The third kappa shape index (κ3) is 3.28. The highest BCUT2D eigenvalue weighted by molar-refractivity contribution is 7.04. The van der Waals surface area contributed by atoms with Crippen LogP contribution in [0.2, 0.25) is 0 Å². The maximum atomic E-state index is 13.4. The SMILES string of the molecule is O=C1C[C+]2CC(=O)O[B-]2(C(=O)N(Cc2ccccc2)Cc2ccccc2)O1. The molecular formula is C20H18BNO5. The average molecular weight is 363 g/mol. The monoisotopic (exact) mass is 363 g/mol. The fraction of sp³-hybridized carbons (Fsp3) is 0.200. The van der Waals surface area contributed by atoms with Crippen LogP contribution in [0.1, 0.15) is 24.0 Å². The predicted octanol–water partition coefficient (Wildman–Crippen LogP) is 2.84. The number of carbonyl (C=O) groups is 3. The highest BCUT2D eigenvalue weighted by Crippen LogP contribution is 2.42. The van der Waals surface area contributed by atoms with Crippen LogP contribution < -0.4 is 0 Å². The van der Waals surface area contributed by atoms with Crippen LogP contribution in [0.3, 0.4) is 0 Å². The van der Waals surface area contributed by atoms with Crippen molar-refractivity contribution in [1.82, 2.24) is 4.90 Å². The zero-order chi connectivity index (χ0) is 18.9. The largest absolute Gasteiger partial charge is 0.643 e. The van der Waals surface area contributed by atoms with Gasteiger partial charge in [0.1, 0.15) is 12.8 Å². The number of benzene rings is 2. The van der Waals surface area contributed by atoms with Crippen LogP contribution in [0.25, 0.3) is 0 Å². The first-order valence-corrected chi connectivity index (χ1v) is 8.87. The molecule has 2 aromatic rings. The third-order valence-electron chi connectivity index (χ3n) is 4.94. The van der Waals surface area contributed by atoms with Crippen molar-refractivity contribution in [3.05, 3.63) is 77.6 Å². The fourth-order valence-corrected chi connectivity index (χ4v) is 3.68. The van der Waals surface area contributed by atoms with Crippen molar-refractivity contribution in [3.8, 4) is 0 Å². The Morgan fingerprint density at radius 3 is 1.74 bits per heavy atom. The summed E-state index contributed by atoms with van der Waals surface area (Å²) in [7, 11) is 0. The lowest BCUT2D eigenvalue weighted by Crippen LogP contribution is -2.55. The Hall–Kier alpha value is -3.22. The van der Waals surface area contributed by atoms with E-state index in [1.807, 2.05) is 60.7 Å². The number of rotatable bonds is 5. The van der Waals surface area contributed by atoms with Gasteiger partial charge in [-0.2, -0.15) is 0 Å². The van der Waals surface area contributed by atoms with Crippen LogP contribution in [0.5, 0.6) is 0 Å². The van der Waals surface area contributed by atoms with Gasteiger partial charge in [0.05, 0.1) is 0 Å². The second-order valence-electron chi connectivity index (χ2n) is 6.87. The molecule has 0 radical (unpaired) electrons. The smallest absolute Gasteiger partial charge is 0.607 e. The molecule has 7 heteroatoms. The highest BCUT2D eigenvalue weighted by atomic mass is 16.7. The Labute approximate surface area is 157 Å². The molecule has 0 N–H and O–H groups in total. The van der Waals surface area contributed by atoms with Gasteiger partial charge in [-0.1, -0.05) is 60.7 Å². The normalized spacial score (nSPS) is 17.3. The molecule has 0 saturated carbocycles. The van der Waals surface area contributed by atoms with Gasteiger partial charge in [-0.15, -0.1) is 0 Å². The van der Waals surface area contributed by atoms with Gasteiger partial charge >= 0.3 is 18.5 Å². The fourth-order valence-electron chi connectivity index (χ4n) is 3.68. The van der Waals surface area contributed by atoms with Crippen molar-refractivity contribution in [2.24, 2.45) is 0 Å². The van der Waals surface area contributed by atoms with Crippen LogP contribution >= 0.6 is 0 Å². The molecule has 0 atom stereocenters.